The molecular formula is C18H18ClN3O2. The van der Waals surface area contributed by atoms with E-state index in [0.29, 0.717) is 22.0 Å². The Morgan fingerprint density at radius 3 is 2.42 bits per heavy atom. The molecule has 0 saturated heterocycles. The SMILES string of the molecule is CC(=CC(=O)Nc1cccc(Cl)c1C)NNC(=O)c1ccccc1. The van der Waals surface area contributed by atoms with Crippen molar-refractivity contribution in [3.05, 3.63) is 76.5 Å². The minimum absolute atomic E-state index is 0.283. The smallest absolute Gasteiger partial charge is 0.269 e. The van der Waals surface area contributed by atoms with Crippen LogP contribution in [0.5, 0.6) is 0 Å². The van der Waals surface area contributed by atoms with Crippen molar-refractivity contribution in [3.63, 3.8) is 0 Å². The Kier molecular flexibility index (Phi) is 5.98. The van der Waals surface area contributed by atoms with Crippen LogP contribution in [-0.4, -0.2) is 11.8 Å². The van der Waals surface area contributed by atoms with Gasteiger partial charge in [0.15, 0.2) is 0 Å². The second kappa shape index (κ2) is 8.17. The molecule has 0 aliphatic rings. The van der Waals surface area contributed by atoms with E-state index in [-0.39, 0.29) is 11.8 Å². The minimum Gasteiger partial charge on any atom is -0.322 e. The molecule has 2 aromatic carbocycles. The molecule has 2 amide bonds. The number of carbonyl (C=O) groups is 2. The normalized spacial score (nSPS) is 10.9. The second-order valence-corrected chi connectivity index (χ2v) is 5.58. The Hall–Kier alpha value is -2.79. The van der Waals surface area contributed by atoms with Gasteiger partial charge in [0.25, 0.3) is 5.91 Å². The van der Waals surface area contributed by atoms with Gasteiger partial charge in [-0.05, 0) is 43.7 Å². The fraction of sp³-hybridized carbons (Fsp3) is 0.111. The quantitative estimate of drug-likeness (QED) is 0.575. The Bertz CT molecular complexity index is 773. The molecule has 2 rings (SSSR count). The molecule has 0 radical (unpaired) electrons. The molecule has 0 atom stereocenters. The van der Waals surface area contributed by atoms with Gasteiger partial charge < -0.3 is 10.7 Å². The highest BCUT2D eigenvalue weighted by Crippen LogP contribution is 2.22. The average Bonchev–Trinajstić information content (AvgIpc) is 2.57. The average molecular weight is 344 g/mol. The molecule has 0 unspecified atom stereocenters. The first-order valence-corrected chi connectivity index (χ1v) is 7.71. The van der Waals surface area contributed by atoms with Gasteiger partial charge in [0, 0.05) is 28.0 Å². The van der Waals surface area contributed by atoms with Crippen molar-refractivity contribution < 1.29 is 9.59 Å². The van der Waals surface area contributed by atoms with Gasteiger partial charge in [-0.1, -0.05) is 35.9 Å². The summed E-state index contributed by atoms with van der Waals surface area (Å²) < 4.78 is 0. The molecule has 0 aliphatic carbocycles. The standard InChI is InChI=1S/C18H18ClN3O2/c1-12(21-22-18(24)14-7-4-3-5-8-14)11-17(23)20-16-10-6-9-15(19)13(16)2/h3-11,21H,1-2H3,(H,20,23)(H,22,24). The molecule has 3 N–H and O–H groups in total. The van der Waals surface area contributed by atoms with Gasteiger partial charge in [-0.2, -0.15) is 0 Å². The third-order valence-electron chi connectivity index (χ3n) is 3.28. The van der Waals surface area contributed by atoms with Crippen LogP contribution in [0.1, 0.15) is 22.8 Å². The van der Waals surface area contributed by atoms with E-state index in [1.165, 1.54) is 6.08 Å². The molecule has 0 spiro atoms. The lowest BCUT2D eigenvalue weighted by Gasteiger charge is -2.10. The number of halogens is 1. The summed E-state index contributed by atoms with van der Waals surface area (Å²) in [5.74, 6) is -0.603. The fourth-order valence-corrected chi connectivity index (χ4v) is 2.14. The number of nitrogens with one attached hydrogen (secondary N) is 3. The van der Waals surface area contributed by atoms with E-state index in [4.69, 9.17) is 11.6 Å². The van der Waals surface area contributed by atoms with Gasteiger partial charge >= 0.3 is 0 Å². The Balaban J connectivity index is 1.92. The highest BCUT2D eigenvalue weighted by molar-refractivity contribution is 6.31. The molecule has 0 saturated carbocycles. The van der Waals surface area contributed by atoms with E-state index in [1.807, 2.05) is 13.0 Å². The summed E-state index contributed by atoms with van der Waals surface area (Å²) in [4.78, 5) is 23.9. The second-order valence-electron chi connectivity index (χ2n) is 5.17. The number of rotatable bonds is 5. The summed E-state index contributed by atoms with van der Waals surface area (Å²) in [6.07, 6.45) is 1.35. The lowest BCUT2D eigenvalue weighted by molar-refractivity contribution is -0.112. The number of hydrazine groups is 1. The van der Waals surface area contributed by atoms with Crippen molar-refractivity contribution >= 4 is 29.1 Å². The van der Waals surface area contributed by atoms with E-state index >= 15 is 0 Å². The highest BCUT2D eigenvalue weighted by Gasteiger charge is 2.06. The Labute approximate surface area is 145 Å². The summed E-state index contributed by atoms with van der Waals surface area (Å²) >= 11 is 6.02. The summed E-state index contributed by atoms with van der Waals surface area (Å²) in [5.41, 5.74) is 7.69. The first kappa shape index (κ1) is 17.6. The van der Waals surface area contributed by atoms with Gasteiger partial charge in [0.05, 0.1) is 0 Å². The van der Waals surface area contributed by atoms with E-state index in [0.717, 1.165) is 5.56 Å². The van der Waals surface area contributed by atoms with Crippen LogP contribution < -0.4 is 16.2 Å². The number of carbonyl (C=O) groups excluding carboxylic acids is 2. The number of allylic oxidation sites excluding steroid dienone is 1. The van der Waals surface area contributed by atoms with Crippen LogP contribution in [-0.2, 0) is 4.79 Å². The van der Waals surface area contributed by atoms with Crippen molar-refractivity contribution in [1.29, 1.82) is 0 Å². The lowest BCUT2D eigenvalue weighted by atomic mass is 10.2. The summed E-state index contributed by atoms with van der Waals surface area (Å²) in [7, 11) is 0. The predicted molar refractivity (Wildman–Crippen MR) is 95.6 cm³/mol. The zero-order valence-electron chi connectivity index (χ0n) is 13.4. The van der Waals surface area contributed by atoms with Crippen LogP contribution in [0.15, 0.2) is 60.3 Å². The number of amides is 2. The lowest BCUT2D eigenvalue weighted by Crippen LogP contribution is -2.36. The zero-order chi connectivity index (χ0) is 17.5. The predicted octanol–water partition coefficient (Wildman–Crippen LogP) is 3.43. The molecule has 6 heteroatoms. The van der Waals surface area contributed by atoms with E-state index in [2.05, 4.69) is 16.2 Å². The third kappa shape index (κ3) is 4.86. The summed E-state index contributed by atoms with van der Waals surface area (Å²) in [6.45, 7) is 3.50. The molecule has 24 heavy (non-hydrogen) atoms. The molecule has 0 aromatic heterocycles. The van der Waals surface area contributed by atoms with Gasteiger partial charge in [-0.15, -0.1) is 0 Å². The van der Waals surface area contributed by atoms with E-state index in [9.17, 15) is 9.59 Å². The molecule has 2 aromatic rings. The van der Waals surface area contributed by atoms with Crippen LogP contribution in [0.3, 0.4) is 0 Å². The van der Waals surface area contributed by atoms with Gasteiger partial charge in [0.1, 0.15) is 0 Å². The van der Waals surface area contributed by atoms with Crippen LogP contribution in [0, 0.1) is 6.92 Å². The zero-order valence-corrected chi connectivity index (χ0v) is 14.1. The van der Waals surface area contributed by atoms with Crippen molar-refractivity contribution in [2.75, 3.05) is 5.32 Å². The highest BCUT2D eigenvalue weighted by atomic mass is 35.5. The number of hydrogen-bond acceptors (Lipinski definition) is 3. The number of anilines is 1. The Morgan fingerprint density at radius 2 is 1.71 bits per heavy atom. The van der Waals surface area contributed by atoms with Crippen LogP contribution >= 0.6 is 11.6 Å². The maximum Gasteiger partial charge on any atom is 0.269 e. The molecule has 0 bridgehead atoms. The molecule has 0 aliphatic heterocycles. The molecule has 0 fully saturated rings. The van der Waals surface area contributed by atoms with Crippen LogP contribution in [0.4, 0.5) is 5.69 Å². The van der Waals surface area contributed by atoms with Crippen LogP contribution in [0.2, 0.25) is 5.02 Å². The summed E-state index contributed by atoms with van der Waals surface area (Å²) in [5, 5.41) is 3.33. The Morgan fingerprint density at radius 1 is 1.00 bits per heavy atom. The van der Waals surface area contributed by atoms with E-state index in [1.54, 1.807) is 49.4 Å². The minimum atomic E-state index is -0.320. The number of hydrogen-bond donors (Lipinski definition) is 3. The molecule has 5 nitrogen and oxygen atoms in total. The maximum absolute atomic E-state index is 12.0. The molecular weight excluding hydrogens is 326 g/mol. The first-order chi connectivity index (χ1) is 11.5. The largest absolute Gasteiger partial charge is 0.322 e. The molecule has 0 heterocycles. The first-order valence-electron chi connectivity index (χ1n) is 7.33. The van der Waals surface area contributed by atoms with Gasteiger partial charge in [-0.3, -0.25) is 15.0 Å². The molecule has 124 valence electrons. The number of benzene rings is 2. The monoisotopic (exact) mass is 343 g/mol. The van der Waals surface area contributed by atoms with Gasteiger partial charge in [-0.25, -0.2) is 0 Å². The summed E-state index contributed by atoms with van der Waals surface area (Å²) in [6, 6.07) is 14.1. The van der Waals surface area contributed by atoms with Gasteiger partial charge in [0.2, 0.25) is 5.91 Å². The topological polar surface area (TPSA) is 70.2 Å². The fourth-order valence-electron chi connectivity index (χ4n) is 1.96. The van der Waals surface area contributed by atoms with Crippen molar-refractivity contribution in [1.82, 2.24) is 10.9 Å². The van der Waals surface area contributed by atoms with Crippen molar-refractivity contribution in [2.24, 2.45) is 0 Å². The van der Waals surface area contributed by atoms with Crippen molar-refractivity contribution in [2.45, 2.75) is 13.8 Å². The maximum atomic E-state index is 12.0. The third-order valence-corrected chi connectivity index (χ3v) is 3.69. The van der Waals surface area contributed by atoms with E-state index < -0.39 is 0 Å². The van der Waals surface area contributed by atoms with Crippen molar-refractivity contribution in [3.8, 4) is 0 Å². The van der Waals surface area contributed by atoms with Crippen LogP contribution in [0.25, 0.3) is 0 Å².